The van der Waals surface area contributed by atoms with E-state index in [-0.39, 0.29) is 19.0 Å². The Morgan fingerprint density at radius 1 is 0.969 bits per heavy atom. The molecule has 9 heteroatoms. The highest BCUT2D eigenvalue weighted by Gasteiger charge is 2.16. The maximum atomic E-state index is 10.6. The number of hydrogen-bond donors (Lipinski definition) is 2. The van der Waals surface area contributed by atoms with Gasteiger partial charge in [-0.3, -0.25) is 10.3 Å². The van der Waals surface area contributed by atoms with E-state index in [4.69, 9.17) is 19.6 Å². The number of aromatic nitrogens is 2. The lowest BCUT2D eigenvalue weighted by atomic mass is 10.3. The molecule has 0 aliphatic carbocycles. The van der Waals surface area contributed by atoms with Crippen LogP contribution >= 0.6 is 0 Å². The van der Waals surface area contributed by atoms with Gasteiger partial charge in [0.2, 0.25) is 5.62 Å². The number of nitrogens with one attached hydrogen (secondary N) is 1. The summed E-state index contributed by atoms with van der Waals surface area (Å²) in [5.74, 6) is 1.43. The molecule has 0 bridgehead atoms. The first kappa shape index (κ1) is 24.1. The smallest absolute Gasteiger partial charge is 0.203 e. The number of halogens is 1. The largest absolute Gasteiger partial charge is 1.00 e. The van der Waals surface area contributed by atoms with Gasteiger partial charge in [0.05, 0.1) is 37.9 Å². The van der Waals surface area contributed by atoms with E-state index in [1.807, 2.05) is 57.7 Å². The summed E-state index contributed by atoms with van der Waals surface area (Å²) < 4.78 is 20.2. The van der Waals surface area contributed by atoms with Crippen LogP contribution in [0.5, 0.6) is 11.5 Å². The van der Waals surface area contributed by atoms with Gasteiger partial charge in [-0.2, -0.15) is 0 Å². The summed E-state index contributed by atoms with van der Waals surface area (Å²) in [6, 6.07) is 15.2. The zero-order chi connectivity index (χ0) is 21.6. The summed E-state index contributed by atoms with van der Waals surface area (Å²) in [5, 5.41) is 19.3. The molecule has 1 fully saturated rings. The zero-order valence-electron chi connectivity index (χ0n) is 18.2. The van der Waals surface area contributed by atoms with E-state index in [2.05, 4.69) is 4.90 Å². The molecule has 2 heterocycles. The predicted octanol–water partition coefficient (Wildman–Crippen LogP) is -1.29. The minimum absolute atomic E-state index is 0. The van der Waals surface area contributed by atoms with Crippen LogP contribution in [0.3, 0.4) is 0 Å². The normalized spacial score (nSPS) is 15.3. The first-order chi connectivity index (χ1) is 15.2. The van der Waals surface area contributed by atoms with Crippen LogP contribution in [-0.4, -0.2) is 71.8 Å². The summed E-state index contributed by atoms with van der Waals surface area (Å²) >= 11 is 0. The third-order valence-electron chi connectivity index (χ3n) is 5.61. The van der Waals surface area contributed by atoms with E-state index in [0.717, 1.165) is 56.2 Å². The van der Waals surface area contributed by atoms with E-state index in [1.165, 1.54) is 0 Å². The SMILES string of the molecule is COc1ccc(OCC(O)Cn2c(=N)n(CCN3CCOCC3)c3ccccc32)cc1.[Cl-]. The maximum Gasteiger partial charge on any atom is 0.203 e. The Morgan fingerprint density at radius 2 is 1.59 bits per heavy atom. The molecular weight excluding hydrogens is 432 g/mol. The molecule has 3 aromatic rings. The Morgan fingerprint density at radius 3 is 2.25 bits per heavy atom. The number of rotatable bonds is 9. The van der Waals surface area contributed by atoms with Crippen LogP contribution in [0.25, 0.3) is 11.0 Å². The van der Waals surface area contributed by atoms with Gasteiger partial charge >= 0.3 is 0 Å². The average Bonchev–Trinajstić information content (AvgIpc) is 3.08. The van der Waals surface area contributed by atoms with Crippen molar-refractivity contribution in [2.45, 2.75) is 19.2 Å². The fourth-order valence-electron chi connectivity index (χ4n) is 3.90. The number of para-hydroxylation sites is 2. The van der Waals surface area contributed by atoms with Gasteiger partial charge in [0.1, 0.15) is 24.2 Å². The quantitative estimate of drug-likeness (QED) is 0.414. The lowest BCUT2D eigenvalue weighted by molar-refractivity contribution is -0.0000104. The number of aliphatic hydroxyl groups is 1. The Kier molecular flexibility index (Phi) is 8.58. The molecule has 0 saturated carbocycles. The molecule has 0 amide bonds. The number of methoxy groups -OCH3 is 1. The number of nitrogens with zero attached hydrogens (tertiary/aromatic N) is 3. The van der Waals surface area contributed by atoms with Crippen molar-refractivity contribution in [3.8, 4) is 11.5 Å². The topological polar surface area (TPSA) is 84.9 Å². The number of imidazole rings is 1. The van der Waals surface area contributed by atoms with E-state index >= 15 is 0 Å². The van der Waals surface area contributed by atoms with Crippen LogP contribution in [-0.2, 0) is 17.8 Å². The van der Waals surface area contributed by atoms with Crippen molar-refractivity contribution in [1.82, 2.24) is 14.0 Å². The average molecular weight is 462 g/mol. The molecule has 1 saturated heterocycles. The molecule has 1 atom stereocenters. The minimum atomic E-state index is -0.741. The van der Waals surface area contributed by atoms with E-state index < -0.39 is 6.10 Å². The monoisotopic (exact) mass is 461 g/mol. The Hall–Kier alpha value is -2.52. The highest BCUT2D eigenvalue weighted by atomic mass is 35.5. The van der Waals surface area contributed by atoms with Crippen molar-refractivity contribution in [1.29, 1.82) is 5.41 Å². The van der Waals surface area contributed by atoms with E-state index in [1.54, 1.807) is 7.11 Å². The highest BCUT2D eigenvalue weighted by Crippen LogP contribution is 2.18. The van der Waals surface area contributed by atoms with Crippen LogP contribution in [0.1, 0.15) is 0 Å². The van der Waals surface area contributed by atoms with Gasteiger partial charge in [0.25, 0.3) is 0 Å². The molecule has 0 spiro atoms. The molecule has 1 aliphatic heterocycles. The number of morpholine rings is 1. The first-order valence-electron chi connectivity index (χ1n) is 10.6. The molecule has 32 heavy (non-hydrogen) atoms. The molecule has 1 aromatic heterocycles. The summed E-state index contributed by atoms with van der Waals surface area (Å²) in [4.78, 5) is 2.36. The summed E-state index contributed by atoms with van der Waals surface area (Å²) in [7, 11) is 1.62. The van der Waals surface area contributed by atoms with Crippen LogP contribution in [0, 0.1) is 5.41 Å². The van der Waals surface area contributed by atoms with Gasteiger partial charge in [0, 0.05) is 26.2 Å². The lowest BCUT2D eigenvalue weighted by Crippen LogP contribution is -3.00. The molecule has 2 N–H and O–H groups in total. The van der Waals surface area contributed by atoms with Gasteiger partial charge in [-0.15, -0.1) is 0 Å². The second-order valence-corrected chi connectivity index (χ2v) is 7.67. The van der Waals surface area contributed by atoms with Gasteiger partial charge in [-0.1, -0.05) is 12.1 Å². The van der Waals surface area contributed by atoms with Crippen LogP contribution in [0.15, 0.2) is 48.5 Å². The van der Waals surface area contributed by atoms with Crippen LogP contribution < -0.4 is 27.5 Å². The fraction of sp³-hybridized carbons (Fsp3) is 0.435. The van der Waals surface area contributed by atoms with Gasteiger partial charge in [0.15, 0.2) is 0 Å². The van der Waals surface area contributed by atoms with Crippen LogP contribution in [0.2, 0.25) is 0 Å². The van der Waals surface area contributed by atoms with Crippen molar-refractivity contribution >= 4 is 11.0 Å². The van der Waals surface area contributed by atoms with Crippen molar-refractivity contribution in [3.05, 3.63) is 54.1 Å². The van der Waals surface area contributed by atoms with Gasteiger partial charge in [-0.05, 0) is 36.4 Å². The molecule has 0 radical (unpaired) electrons. The Bertz CT molecular complexity index is 1040. The minimum Gasteiger partial charge on any atom is -1.00 e. The number of hydrogen-bond acceptors (Lipinski definition) is 6. The third-order valence-corrected chi connectivity index (χ3v) is 5.61. The van der Waals surface area contributed by atoms with Crippen molar-refractivity contribution in [2.24, 2.45) is 0 Å². The molecule has 8 nitrogen and oxygen atoms in total. The predicted molar refractivity (Wildman–Crippen MR) is 118 cm³/mol. The Balaban J connectivity index is 0.00000289. The molecule has 4 rings (SSSR count). The van der Waals surface area contributed by atoms with Crippen LogP contribution in [0.4, 0.5) is 0 Å². The fourth-order valence-corrected chi connectivity index (χ4v) is 3.90. The zero-order valence-corrected chi connectivity index (χ0v) is 19.0. The van der Waals surface area contributed by atoms with Crippen molar-refractivity contribution in [3.63, 3.8) is 0 Å². The Labute approximate surface area is 193 Å². The molecule has 1 aliphatic rings. The third kappa shape index (κ3) is 5.63. The summed E-state index contributed by atoms with van der Waals surface area (Å²) in [6.45, 7) is 5.41. The molecular formula is C23H30ClN4O4-. The lowest BCUT2D eigenvalue weighted by Gasteiger charge is -2.26. The van der Waals surface area contributed by atoms with Gasteiger partial charge in [-0.25, -0.2) is 0 Å². The second kappa shape index (κ2) is 11.4. The second-order valence-electron chi connectivity index (χ2n) is 7.67. The van der Waals surface area contributed by atoms with Crippen molar-refractivity contribution < 1.29 is 31.7 Å². The summed E-state index contributed by atoms with van der Waals surface area (Å²) in [5.41, 5.74) is 2.33. The summed E-state index contributed by atoms with van der Waals surface area (Å²) in [6.07, 6.45) is -0.741. The number of ether oxygens (including phenoxy) is 3. The number of aliphatic hydroxyl groups excluding tert-OH is 1. The maximum absolute atomic E-state index is 10.6. The van der Waals surface area contributed by atoms with Crippen molar-refractivity contribution in [2.75, 3.05) is 46.6 Å². The number of benzene rings is 2. The number of fused-ring (bicyclic) bond motifs is 1. The standard InChI is InChI=1S/C23H30N4O4.ClH/c1-29-19-6-8-20(9-7-19)31-17-18(28)16-27-22-5-3-2-4-21(22)26(23(27)24)11-10-25-12-14-30-15-13-25;/h2-9,18,24,28H,10-17H2,1H3;1H/p-1. The first-order valence-corrected chi connectivity index (χ1v) is 10.6. The van der Waals surface area contributed by atoms with E-state index in [9.17, 15) is 5.11 Å². The molecule has 174 valence electrons. The van der Waals surface area contributed by atoms with Gasteiger partial charge < -0.3 is 40.9 Å². The highest BCUT2D eigenvalue weighted by molar-refractivity contribution is 5.75. The van der Waals surface area contributed by atoms with E-state index in [0.29, 0.717) is 17.9 Å². The molecule has 1 unspecified atom stereocenters. The molecule has 2 aromatic carbocycles.